The Morgan fingerprint density at radius 3 is 2.48 bits per heavy atom. The molecule has 0 radical (unpaired) electrons. The molecule has 2 fully saturated rings. The molecule has 2 N–H and O–H groups in total. The molecular formula is C26H28N4O3. The first kappa shape index (κ1) is 21.4. The number of nitrogens with one attached hydrogen (secondary N) is 1. The number of benzene rings is 2. The number of hydrogen-bond donors (Lipinski definition) is 2. The van der Waals surface area contributed by atoms with Gasteiger partial charge in [0.15, 0.2) is 11.5 Å². The van der Waals surface area contributed by atoms with Crippen molar-refractivity contribution in [2.45, 2.75) is 57.3 Å². The van der Waals surface area contributed by atoms with E-state index in [9.17, 15) is 4.79 Å². The summed E-state index contributed by atoms with van der Waals surface area (Å²) in [6.45, 7) is 2.14. The van der Waals surface area contributed by atoms with Crippen molar-refractivity contribution in [2.24, 2.45) is 5.92 Å². The number of carbonyl (C=O) groups is 1. The average Bonchev–Trinajstić information content (AvgIpc) is 3.29. The molecule has 0 spiro atoms. The van der Waals surface area contributed by atoms with Crippen LogP contribution in [0.2, 0.25) is 0 Å². The molecule has 2 aliphatic carbocycles. The number of carboxylic acid groups (broad SMARTS) is 1. The Morgan fingerprint density at radius 2 is 1.79 bits per heavy atom. The van der Waals surface area contributed by atoms with Crippen molar-refractivity contribution in [1.82, 2.24) is 20.3 Å². The number of aromatic amines is 1. The summed E-state index contributed by atoms with van der Waals surface area (Å²) in [7, 11) is 0. The highest BCUT2D eigenvalue weighted by Crippen LogP contribution is 2.53. The molecule has 0 bridgehead atoms. The number of aromatic nitrogens is 4. The van der Waals surface area contributed by atoms with Crippen molar-refractivity contribution in [3.05, 3.63) is 65.5 Å². The van der Waals surface area contributed by atoms with Crippen LogP contribution in [0.5, 0.6) is 0 Å². The Hall–Kier alpha value is -3.48. The maximum absolute atomic E-state index is 10.4. The van der Waals surface area contributed by atoms with Crippen LogP contribution in [0.15, 0.2) is 53.1 Å². The minimum Gasteiger partial charge on any atom is -0.481 e. The molecule has 2 aromatic carbocycles. The predicted octanol–water partition coefficient (Wildman–Crippen LogP) is 5.65. The van der Waals surface area contributed by atoms with Gasteiger partial charge in [0.1, 0.15) is 0 Å². The third-order valence-corrected chi connectivity index (χ3v) is 6.89. The van der Waals surface area contributed by atoms with Crippen LogP contribution in [0.1, 0.15) is 61.9 Å². The molecule has 7 heteroatoms. The molecule has 33 heavy (non-hydrogen) atoms. The molecule has 0 saturated heterocycles. The van der Waals surface area contributed by atoms with Crippen molar-refractivity contribution in [2.75, 3.05) is 0 Å². The standard InChI is InChI=1S/C19H16N4O.C7H12O2/c1-12-6-2-4-8-14(12)19(10-11-19)18-20-17(24-23-18)16-13-7-3-5-9-15(13)21-22-16;8-7(9)6-4-2-1-3-5-6/h2-9H,10-11H2,1H3,(H,21,22);6H,1-5H2,(H,8,9). The molecular weight excluding hydrogens is 416 g/mol. The van der Waals surface area contributed by atoms with E-state index >= 15 is 0 Å². The van der Waals surface area contributed by atoms with Gasteiger partial charge in [0.05, 0.1) is 16.8 Å². The summed E-state index contributed by atoms with van der Waals surface area (Å²) >= 11 is 0. The lowest BCUT2D eigenvalue weighted by molar-refractivity contribution is -0.142. The number of hydrogen-bond acceptors (Lipinski definition) is 5. The predicted molar refractivity (Wildman–Crippen MR) is 125 cm³/mol. The number of para-hydroxylation sites is 1. The van der Waals surface area contributed by atoms with Crippen molar-refractivity contribution >= 4 is 16.9 Å². The number of aliphatic carboxylic acids is 1. The number of aryl methyl sites for hydroxylation is 1. The normalized spacial score (nSPS) is 17.4. The second-order valence-electron chi connectivity index (χ2n) is 9.11. The molecule has 0 unspecified atom stereocenters. The molecule has 0 atom stereocenters. The fourth-order valence-corrected chi connectivity index (χ4v) is 4.84. The minimum atomic E-state index is -0.602. The van der Waals surface area contributed by atoms with E-state index in [0.29, 0.717) is 11.6 Å². The maximum atomic E-state index is 10.4. The number of H-pyrrole nitrogens is 1. The molecule has 4 aromatic rings. The lowest BCUT2D eigenvalue weighted by Crippen LogP contribution is -2.16. The quantitative estimate of drug-likeness (QED) is 0.421. The van der Waals surface area contributed by atoms with E-state index in [-0.39, 0.29) is 11.3 Å². The summed E-state index contributed by atoms with van der Waals surface area (Å²) in [5.74, 6) is 0.606. The van der Waals surface area contributed by atoms with Crippen LogP contribution in [-0.2, 0) is 10.2 Å². The van der Waals surface area contributed by atoms with Gasteiger partial charge in [0.25, 0.3) is 5.89 Å². The van der Waals surface area contributed by atoms with E-state index in [2.05, 4.69) is 46.5 Å². The zero-order valence-electron chi connectivity index (χ0n) is 18.8. The molecule has 2 aromatic heterocycles. The largest absolute Gasteiger partial charge is 0.481 e. The molecule has 2 saturated carbocycles. The first-order valence-corrected chi connectivity index (χ1v) is 11.6. The van der Waals surface area contributed by atoms with Gasteiger partial charge < -0.3 is 9.63 Å². The smallest absolute Gasteiger partial charge is 0.306 e. The minimum absolute atomic E-state index is 0.0289. The highest BCUT2D eigenvalue weighted by atomic mass is 16.5. The first-order valence-electron chi connectivity index (χ1n) is 11.6. The Bertz CT molecular complexity index is 1270. The summed E-state index contributed by atoms with van der Waals surface area (Å²) in [5.41, 5.74) is 4.15. The summed E-state index contributed by atoms with van der Waals surface area (Å²) in [4.78, 5) is 15.0. The summed E-state index contributed by atoms with van der Waals surface area (Å²) < 4.78 is 5.56. The monoisotopic (exact) mass is 444 g/mol. The van der Waals surface area contributed by atoms with E-state index in [0.717, 1.165) is 55.3 Å². The van der Waals surface area contributed by atoms with Gasteiger partial charge in [-0.2, -0.15) is 10.1 Å². The molecule has 6 rings (SSSR count). The number of rotatable bonds is 4. The van der Waals surface area contributed by atoms with Gasteiger partial charge in [0.2, 0.25) is 0 Å². The van der Waals surface area contributed by atoms with Crippen LogP contribution < -0.4 is 0 Å². The van der Waals surface area contributed by atoms with Crippen LogP contribution in [0.3, 0.4) is 0 Å². The second kappa shape index (κ2) is 8.81. The first-order chi connectivity index (χ1) is 16.1. The third-order valence-electron chi connectivity index (χ3n) is 6.89. The summed E-state index contributed by atoms with van der Waals surface area (Å²) in [5, 5.41) is 21.2. The Balaban J connectivity index is 0.000000215. The van der Waals surface area contributed by atoms with Crippen LogP contribution in [-0.4, -0.2) is 31.4 Å². The van der Waals surface area contributed by atoms with Crippen LogP contribution in [0.25, 0.3) is 22.5 Å². The highest BCUT2D eigenvalue weighted by Gasteiger charge is 2.50. The van der Waals surface area contributed by atoms with Gasteiger partial charge in [-0.25, -0.2) is 0 Å². The van der Waals surface area contributed by atoms with Gasteiger partial charge in [-0.05, 0) is 49.8 Å². The highest BCUT2D eigenvalue weighted by molar-refractivity contribution is 5.90. The average molecular weight is 445 g/mol. The summed E-state index contributed by atoms with van der Waals surface area (Å²) in [6, 6.07) is 16.4. The second-order valence-corrected chi connectivity index (χ2v) is 9.11. The van der Waals surface area contributed by atoms with Crippen LogP contribution in [0, 0.1) is 12.8 Å². The zero-order valence-corrected chi connectivity index (χ0v) is 18.8. The molecule has 0 amide bonds. The maximum Gasteiger partial charge on any atom is 0.306 e. The van der Waals surface area contributed by atoms with Gasteiger partial charge in [-0.3, -0.25) is 9.89 Å². The topological polar surface area (TPSA) is 105 Å². The van der Waals surface area contributed by atoms with Crippen LogP contribution in [0.4, 0.5) is 0 Å². The lowest BCUT2D eigenvalue weighted by atomic mass is 9.90. The van der Waals surface area contributed by atoms with E-state index in [4.69, 9.17) is 14.6 Å². The fraction of sp³-hybridized carbons (Fsp3) is 0.385. The van der Waals surface area contributed by atoms with E-state index in [1.54, 1.807) is 0 Å². The number of carboxylic acids is 1. The van der Waals surface area contributed by atoms with Crippen molar-refractivity contribution in [3.63, 3.8) is 0 Å². The molecule has 7 nitrogen and oxygen atoms in total. The van der Waals surface area contributed by atoms with Gasteiger partial charge in [-0.1, -0.05) is 66.9 Å². The third kappa shape index (κ3) is 4.15. The van der Waals surface area contributed by atoms with Crippen molar-refractivity contribution in [1.29, 1.82) is 0 Å². The van der Waals surface area contributed by atoms with E-state index in [1.807, 2.05) is 24.3 Å². The van der Waals surface area contributed by atoms with Gasteiger partial charge in [0, 0.05) is 5.39 Å². The fourth-order valence-electron chi connectivity index (χ4n) is 4.84. The van der Waals surface area contributed by atoms with E-state index in [1.165, 1.54) is 17.5 Å². The Labute approximate surface area is 192 Å². The van der Waals surface area contributed by atoms with E-state index < -0.39 is 5.97 Å². The molecule has 0 aliphatic heterocycles. The van der Waals surface area contributed by atoms with Crippen molar-refractivity contribution in [3.8, 4) is 11.6 Å². The van der Waals surface area contributed by atoms with Gasteiger partial charge in [-0.15, -0.1) is 0 Å². The van der Waals surface area contributed by atoms with Crippen LogP contribution >= 0.6 is 0 Å². The molecule has 2 heterocycles. The Morgan fingerprint density at radius 1 is 1.06 bits per heavy atom. The molecule has 2 aliphatic rings. The molecule has 170 valence electrons. The Kier molecular flexibility index (Phi) is 5.70. The van der Waals surface area contributed by atoms with Crippen molar-refractivity contribution < 1.29 is 14.4 Å². The lowest BCUT2D eigenvalue weighted by Gasteiger charge is -2.16. The zero-order chi connectivity index (χ0) is 22.8. The SMILES string of the molecule is Cc1ccccc1C1(c2noc(-c3n[nH]c4ccccc34)n2)CC1.O=C(O)C1CCCCC1. The van der Waals surface area contributed by atoms with Gasteiger partial charge >= 0.3 is 5.97 Å². The summed E-state index contributed by atoms with van der Waals surface area (Å²) in [6.07, 6.45) is 7.35. The number of nitrogens with zero attached hydrogens (tertiary/aromatic N) is 3. The number of fused-ring (bicyclic) bond motifs is 1.